The summed E-state index contributed by atoms with van der Waals surface area (Å²) in [5.41, 5.74) is 2.16. The third-order valence-corrected chi connectivity index (χ3v) is 5.47. The maximum absolute atomic E-state index is 5.80. The SMILES string of the molecule is COc1ccccc1CN=C(NCc1nnc(C)n1C)NC1CCOc2ccccc21.I. The zero-order chi connectivity index (χ0) is 21.6. The number of hydrogen-bond acceptors (Lipinski definition) is 5. The molecular formula is C23H29IN6O2. The van der Waals surface area contributed by atoms with Crippen molar-refractivity contribution in [3.8, 4) is 11.5 Å². The Balaban J connectivity index is 0.00000289. The molecule has 0 amide bonds. The van der Waals surface area contributed by atoms with Crippen LogP contribution in [0.5, 0.6) is 11.5 Å². The molecule has 9 heteroatoms. The molecule has 0 aliphatic carbocycles. The number of guanidine groups is 1. The normalized spacial score (nSPS) is 15.2. The number of aliphatic imine (C=N–C) groups is 1. The minimum atomic E-state index is 0. The van der Waals surface area contributed by atoms with Crippen LogP contribution < -0.4 is 20.1 Å². The smallest absolute Gasteiger partial charge is 0.192 e. The minimum Gasteiger partial charge on any atom is -0.496 e. The zero-order valence-electron chi connectivity index (χ0n) is 18.5. The molecule has 0 spiro atoms. The van der Waals surface area contributed by atoms with Crippen molar-refractivity contribution in [1.29, 1.82) is 0 Å². The van der Waals surface area contributed by atoms with E-state index in [1.165, 1.54) is 0 Å². The van der Waals surface area contributed by atoms with Crippen LogP contribution in [0.2, 0.25) is 0 Å². The van der Waals surface area contributed by atoms with E-state index in [0.29, 0.717) is 25.7 Å². The summed E-state index contributed by atoms with van der Waals surface area (Å²) in [6, 6.07) is 16.1. The Morgan fingerprint density at radius 1 is 1.19 bits per heavy atom. The lowest BCUT2D eigenvalue weighted by Crippen LogP contribution is -2.41. The van der Waals surface area contributed by atoms with E-state index in [9.17, 15) is 0 Å². The Labute approximate surface area is 205 Å². The fourth-order valence-electron chi connectivity index (χ4n) is 3.58. The maximum atomic E-state index is 5.80. The van der Waals surface area contributed by atoms with E-state index >= 15 is 0 Å². The van der Waals surface area contributed by atoms with Crippen LogP contribution >= 0.6 is 24.0 Å². The third kappa shape index (κ3) is 5.50. The van der Waals surface area contributed by atoms with Crippen molar-refractivity contribution in [3.05, 3.63) is 71.3 Å². The Kier molecular flexibility index (Phi) is 8.32. The lowest BCUT2D eigenvalue weighted by molar-refractivity contribution is 0.261. The highest BCUT2D eigenvalue weighted by Gasteiger charge is 2.22. The van der Waals surface area contributed by atoms with Gasteiger partial charge in [-0.3, -0.25) is 0 Å². The van der Waals surface area contributed by atoms with Crippen molar-refractivity contribution >= 4 is 29.9 Å². The summed E-state index contributed by atoms with van der Waals surface area (Å²) in [7, 11) is 3.63. The second kappa shape index (κ2) is 11.2. The molecule has 0 saturated carbocycles. The van der Waals surface area contributed by atoms with E-state index in [0.717, 1.165) is 40.7 Å². The van der Waals surface area contributed by atoms with Gasteiger partial charge in [-0.05, 0) is 19.1 Å². The van der Waals surface area contributed by atoms with Crippen LogP contribution in [0.1, 0.15) is 35.2 Å². The molecule has 0 radical (unpaired) electrons. The van der Waals surface area contributed by atoms with E-state index in [2.05, 4.69) is 26.9 Å². The number of halogens is 1. The van der Waals surface area contributed by atoms with Crippen LogP contribution in [0.4, 0.5) is 0 Å². The number of ether oxygens (including phenoxy) is 2. The Bertz CT molecular complexity index is 1070. The van der Waals surface area contributed by atoms with E-state index in [1.807, 2.05) is 61.0 Å². The van der Waals surface area contributed by atoms with Gasteiger partial charge >= 0.3 is 0 Å². The number of nitrogens with zero attached hydrogens (tertiary/aromatic N) is 4. The molecule has 1 aliphatic rings. The van der Waals surface area contributed by atoms with E-state index in [4.69, 9.17) is 14.5 Å². The molecule has 1 aliphatic heterocycles. The lowest BCUT2D eigenvalue weighted by Gasteiger charge is -2.28. The van der Waals surface area contributed by atoms with Crippen molar-refractivity contribution in [1.82, 2.24) is 25.4 Å². The predicted octanol–water partition coefficient (Wildman–Crippen LogP) is 3.51. The summed E-state index contributed by atoms with van der Waals surface area (Å²) in [6.45, 7) is 3.60. The van der Waals surface area contributed by atoms with Gasteiger partial charge in [0.1, 0.15) is 17.3 Å². The van der Waals surface area contributed by atoms with Crippen molar-refractivity contribution in [2.24, 2.45) is 12.0 Å². The molecule has 1 aromatic heterocycles. The van der Waals surface area contributed by atoms with Crippen LogP contribution in [-0.4, -0.2) is 34.4 Å². The number of aryl methyl sites for hydroxylation is 1. The summed E-state index contributed by atoms with van der Waals surface area (Å²) >= 11 is 0. The average Bonchev–Trinajstić information content (AvgIpc) is 3.13. The molecule has 32 heavy (non-hydrogen) atoms. The zero-order valence-corrected chi connectivity index (χ0v) is 20.9. The predicted molar refractivity (Wildman–Crippen MR) is 135 cm³/mol. The second-order valence-electron chi connectivity index (χ2n) is 7.42. The first-order valence-electron chi connectivity index (χ1n) is 10.4. The first-order chi connectivity index (χ1) is 15.2. The number of aromatic nitrogens is 3. The Morgan fingerprint density at radius 3 is 2.75 bits per heavy atom. The van der Waals surface area contributed by atoms with Crippen LogP contribution in [-0.2, 0) is 20.1 Å². The largest absolute Gasteiger partial charge is 0.496 e. The van der Waals surface area contributed by atoms with Crippen LogP contribution in [0.25, 0.3) is 0 Å². The van der Waals surface area contributed by atoms with E-state index in [-0.39, 0.29) is 30.0 Å². The highest BCUT2D eigenvalue weighted by atomic mass is 127. The van der Waals surface area contributed by atoms with Gasteiger partial charge in [-0.15, -0.1) is 34.2 Å². The molecule has 2 aromatic carbocycles. The van der Waals surface area contributed by atoms with Gasteiger partial charge in [0.15, 0.2) is 11.8 Å². The summed E-state index contributed by atoms with van der Waals surface area (Å²) in [4.78, 5) is 4.84. The summed E-state index contributed by atoms with van der Waals surface area (Å²) in [5.74, 6) is 4.16. The van der Waals surface area contributed by atoms with Gasteiger partial charge in [-0.2, -0.15) is 0 Å². The maximum Gasteiger partial charge on any atom is 0.192 e. The highest BCUT2D eigenvalue weighted by molar-refractivity contribution is 14.0. The molecule has 2 N–H and O–H groups in total. The molecular weight excluding hydrogens is 519 g/mol. The quantitative estimate of drug-likeness (QED) is 0.279. The molecule has 2 heterocycles. The Hall–Kier alpha value is -2.82. The van der Waals surface area contributed by atoms with Crippen LogP contribution in [0.3, 0.4) is 0 Å². The number of hydrogen-bond donors (Lipinski definition) is 2. The summed E-state index contributed by atoms with van der Waals surface area (Å²) in [5, 5.41) is 15.4. The molecule has 4 rings (SSSR count). The third-order valence-electron chi connectivity index (χ3n) is 5.47. The number of nitrogens with one attached hydrogen (secondary N) is 2. The van der Waals surface area contributed by atoms with Gasteiger partial charge in [-0.25, -0.2) is 4.99 Å². The van der Waals surface area contributed by atoms with Gasteiger partial charge in [0.2, 0.25) is 0 Å². The standard InChI is InChI=1S/C23H28N6O2.HI/c1-16-27-28-22(29(16)2)15-25-23(24-14-17-8-4-6-10-20(17)30-3)26-19-12-13-31-21-11-7-5-9-18(19)21;/h4-11,19H,12-15H2,1-3H3,(H2,24,25,26);1H. The van der Waals surface area contributed by atoms with Crippen LogP contribution in [0.15, 0.2) is 53.5 Å². The lowest BCUT2D eigenvalue weighted by atomic mass is 10.0. The summed E-state index contributed by atoms with van der Waals surface area (Å²) < 4.78 is 13.2. The average molecular weight is 548 g/mol. The molecule has 8 nitrogen and oxygen atoms in total. The van der Waals surface area contributed by atoms with E-state index in [1.54, 1.807) is 7.11 Å². The van der Waals surface area contributed by atoms with Gasteiger partial charge < -0.3 is 24.7 Å². The number of benzene rings is 2. The topological polar surface area (TPSA) is 85.6 Å². The molecule has 0 bridgehead atoms. The number of para-hydroxylation sites is 2. The molecule has 3 aromatic rings. The Morgan fingerprint density at radius 2 is 1.97 bits per heavy atom. The monoisotopic (exact) mass is 548 g/mol. The fraction of sp³-hybridized carbons (Fsp3) is 0.348. The molecule has 1 atom stereocenters. The number of methoxy groups -OCH3 is 1. The first kappa shape index (κ1) is 23.8. The first-order valence-corrected chi connectivity index (χ1v) is 10.4. The summed E-state index contributed by atoms with van der Waals surface area (Å²) in [6.07, 6.45) is 0.857. The molecule has 0 saturated heterocycles. The molecule has 170 valence electrons. The number of fused-ring (bicyclic) bond motifs is 1. The van der Waals surface area contributed by atoms with Crippen molar-refractivity contribution in [3.63, 3.8) is 0 Å². The van der Waals surface area contributed by atoms with Crippen molar-refractivity contribution in [2.45, 2.75) is 32.5 Å². The number of rotatable bonds is 6. The van der Waals surface area contributed by atoms with E-state index < -0.39 is 0 Å². The van der Waals surface area contributed by atoms with Crippen molar-refractivity contribution in [2.75, 3.05) is 13.7 Å². The van der Waals surface area contributed by atoms with Crippen LogP contribution in [0, 0.1) is 6.92 Å². The molecule has 1 unspecified atom stereocenters. The van der Waals surface area contributed by atoms with Gasteiger partial charge in [0, 0.05) is 24.6 Å². The molecule has 0 fully saturated rings. The van der Waals surface area contributed by atoms with Crippen molar-refractivity contribution < 1.29 is 9.47 Å². The minimum absolute atomic E-state index is 0. The fourth-order valence-corrected chi connectivity index (χ4v) is 3.58. The van der Waals surface area contributed by atoms with Gasteiger partial charge in [0.25, 0.3) is 0 Å². The van der Waals surface area contributed by atoms with Gasteiger partial charge in [0.05, 0.1) is 32.8 Å². The van der Waals surface area contributed by atoms with Gasteiger partial charge in [-0.1, -0.05) is 36.4 Å². The second-order valence-corrected chi connectivity index (χ2v) is 7.42. The highest BCUT2D eigenvalue weighted by Crippen LogP contribution is 2.31.